The normalized spacial score (nSPS) is 12.3. The molecule has 6 heteroatoms. The summed E-state index contributed by atoms with van der Waals surface area (Å²) in [6.07, 6.45) is 4.66. The van der Waals surface area contributed by atoms with E-state index in [4.69, 9.17) is 9.72 Å². The molecule has 2 rings (SSSR count). The van der Waals surface area contributed by atoms with Crippen molar-refractivity contribution in [3.63, 3.8) is 0 Å². The highest BCUT2D eigenvalue weighted by Gasteiger charge is 2.27. The van der Waals surface area contributed by atoms with Gasteiger partial charge in [-0.25, -0.2) is 4.98 Å². The number of carbonyl (C=O) groups is 1. The van der Waals surface area contributed by atoms with Crippen molar-refractivity contribution in [1.29, 1.82) is 0 Å². The van der Waals surface area contributed by atoms with Crippen molar-refractivity contribution in [2.75, 3.05) is 20.3 Å². The SMILES string of the molecule is CCCCC(=O)N(CCCOC)C(CC)c1nc2ccccc2c(=O)n1CCC. The molecular weight excluding hydrogens is 366 g/mol. The highest BCUT2D eigenvalue weighted by molar-refractivity contribution is 5.78. The van der Waals surface area contributed by atoms with Gasteiger partial charge in [0.15, 0.2) is 0 Å². The van der Waals surface area contributed by atoms with Gasteiger partial charge in [-0.1, -0.05) is 39.3 Å². The molecule has 1 amide bonds. The number of para-hydroxylation sites is 1. The second-order valence-electron chi connectivity index (χ2n) is 7.41. The second kappa shape index (κ2) is 11.7. The standard InChI is InChI=1S/C23H35N3O3/c1-5-8-14-21(27)25(16-11-17-29-4)20(7-3)22-24-19-13-10-9-12-18(19)23(28)26(22)15-6-2/h9-10,12-13,20H,5-8,11,14-17H2,1-4H3. The first-order valence-electron chi connectivity index (χ1n) is 10.9. The molecule has 0 aliphatic carbocycles. The van der Waals surface area contributed by atoms with Crippen molar-refractivity contribution in [3.05, 3.63) is 40.4 Å². The lowest BCUT2D eigenvalue weighted by atomic mass is 10.1. The predicted molar refractivity (Wildman–Crippen MR) is 117 cm³/mol. The van der Waals surface area contributed by atoms with E-state index < -0.39 is 0 Å². The smallest absolute Gasteiger partial charge is 0.261 e. The maximum absolute atomic E-state index is 13.2. The lowest BCUT2D eigenvalue weighted by Gasteiger charge is -2.32. The summed E-state index contributed by atoms with van der Waals surface area (Å²) in [4.78, 5) is 33.0. The van der Waals surface area contributed by atoms with Crippen LogP contribution in [0.3, 0.4) is 0 Å². The fourth-order valence-electron chi connectivity index (χ4n) is 3.73. The molecule has 0 aliphatic heterocycles. The van der Waals surface area contributed by atoms with Crippen molar-refractivity contribution < 1.29 is 9.53 Å². The van der Waals surface area contributed by atoms with Crippen molar-refractivity contribution in [3.8, 4) is 0 Å². The van der Waals surface area contributed by atoms with Crippen LogP contribution in [0.5, 0.6) is 0 Å². The van der Waals surface area contributed by atoms with E-state index in [9.17, 15) is 9.59 Å². The predicted octanol–water partition coefficient (Wildman–Crippen LogP) is 4.31. The Bertz CT molecular complexity index is 847. The van der Waals surface area contributed by atoms with E-state index in [1.54, 1.807) is 11.7 Å². The van der Waals surface area contributed by atoms with Crippen LogP contribution in [0.25, 0.3) is 10.9 Å². The summed E-state index contributed by atoms with van der Waals surface area (Å²) < 4.78 is 6.97. The number of benzene rings is 1. The lowest BCUT2D eigenvalue weighted by Crippen LogP contribution is -2.39. The Morgan fingerprint density at radius 3 is 2.59 bits per heavy atom. The molecule has 1 heterocycles. The maximum Gasteiger partial charge on any atom is 0.261 e. The maximum atomic E-state index is 13.2. The van der Waals surface area contributed by atoms with E-state index in [0.717, 1.165) is 25.7 Å². The van der Waals surface area contributed by atoms with E-state index in [0.29, 0.717) is 49.3 Å². The third-order valence-corrected chi connectivity index (χ3v) is 5.21. The van der Waals surface area contributed by atoms with Crippen molar-refractivity contribution in [2.24, 2.45) is 0 Å². The summed E-state index contributed by atoms with van der Waals surface area (Å²) in [6.45, 7) is 7.99. The van der Waals surface area contributed by atoms with Gasteiger partial charge in [0.2, 0.25) is 5.91 Å². The molecule has 0 spiro atoms. The summed E-state index contributed by atoms with van der Waals surface area (Å²) in [5.74, 6) is 0.820. The summed E-state index contributed by atoms with van der Waals surface area (Å²) in [5, 5.41) is 0.628. The highest BCUT2D eigenvalue weighted by Crippen LogP contribution is 2.25. The molecule has 29 heavy (non-hydrogen) atoms. The molecule has 1 aromatic heterocycles. The van der Waals surface area contributed by atoms with E-state index in [1.807, 2.05) is 29.2 Å². The Kier molecular flexibility index (Phi) is 9.32. The largest absolute Gasteiger partial charge is 0.385 e. The molecule has 1 aromatic carbocycles. The monoisotopic (exact) mass is 401 g/mol. The molecule has 160 valence electrons. The Morgan fingerprint density at radius 2 is 1.93 bits per heavy atom. The zero-order valence-corrected chi connectivity index (χ0v) is 18.3. The first-order chi connectivity index (χ1) is 14.1. The minimum absolute atomic E-state index is 0.0243. The van der Waals surface area contributed by atoms with Crippen LogP contribution < -0.4 is 5.56 Å². The van der Waals surface area contributed by atoms with Gasteiger partial charge in [0.1, 0.15) is 5.82 Å². The van der Waals surface area contributed by atoms with E-state index in [-0.39, 0.29) is 17.5 Å². The quantitative estimate of drug-likeness (QED) is 0.497. The van der Waals surface area contributed by atoms with Crippen LogP contribution in [0.1, 0.15) is 71.2 Å². The zero-order valence-electron chi connectivity index (χ0n) is 18.3. The van der Waals surface area contributed by atoms with Gasteiger partial charge >= 0.3 is 0 Å². The number of unbranched alkanes of at least 4 members (excludes halogenated alkanes) is 1. The molecule has 0 N–H and O–H groups in total. The summed E-state index contributed by atoms with van der Waals surface area (Å²) >= 11 is 0. The summed E-state index contributed by atoms with van der Waals surface area (Å²) in [5.41, 5.74) is 0.667. The second-order valence-corrected chi connectivity index (χ2v) is 7.41. The fourth-order valence-corrected chi connectivity index (χ4v) is 3.73. The zero-order chi connectivity index (χ0) is 21.2. The molecule has 6 nitrogen and oxygen atoms in total. The molecule has 0 fully saturated rings. The number of ether oxygens (including phenoxy) is 1. The van der Waals surface area contributed by atoms with Gasteiger partial charge in [-0.05, 0) is 37.8 Å². The van der Waals surface area contributed by atoms with Gasteiger partial charge in [-0.3, -0.25) is 14.2 Å². The van der Waals surface area contributed by atoms with Crippen LogP contribution in [0.4, 0.5) is 0 Å². The highest BCUT2D eigenvalue weighted by atomic mass is 16.5. The van der Waals surface area contributed by atoms with Gasteiger partial charge in [0.25, 0.3) is 5.56 Å². The molecule has 0 aliphatic rings. The number of hydrogen-bond donors (Lipinski definition) is 0. The van der Waals surface area contributed by atoms with E-state index >= 15 is 0 Å². The molecular formula is C23H35N3O3. The summed E-state index contributed by atoms with van der Waals surface area (Å²) in [7, 11) is 1.67. The number of carbonyl (C=O) groups excluding carboxylic acids is 1. The number of fused-ring (bicyclic) bond motifs is 1. The molecule has 1 atom stereocenters. The van der Waals surface area contributed by atoms with Crippen LogP contribution in [0, 0.1) is 0 Å². The fraction of sp³-hybridized carbons (Fsp3) is 0.609. The van der Waals surface area contributed by atoms with Gasteiger partial charge in [-0.2, -0.15) is 0 Å². The Hall–Kier alpha value is -2.21. The van der Waals surface area contributed by atoms with E-state index in [1.165, 1.54) is 0 Å². The van der Waals surface area contributed by atoms with Crippen molar-refractivity contribution in [1.82, 2.24) is 14.5 Å². The molecule has 0 radical (unpaired) electrons. The van der Waals surface area contributed by atoms with Gasteiger partial charge in [0.05, 0.1) is 16.9 Å². The Morgan fingerprint density at radius 1 is 1.17 bits per heavy atom. The van der Waals surface area contributed by atoms with Crippen LogP contribution in [0.2, 0.25) is 0 Å². The number of methoxy groups -OCH3 is 1. The van der Waals surface area contributed by atoms with Crippen LogP contribution in [-0.2, 0) is 16.1 Å². The number of aromatic nitrogens is 2. The topological polar surface area (TPSA) is 64.4 Å². The first kappa shape index (κ1) is 23.1. The minimum Gasteiger partial charge on any atom is -0.385 e. The lowest BCUT2D eigenvalue weighted by molar-refractivity contribution is -0.134. The van der Waals surface area contributed by atoms with Gasteiger partial charge < -0.3 is 9.64 Å². The number of rotatable bonds is 12. The average molecular weight is 402 g/mol. The average Bonchev–Trinajstić information content (AvgIpc) is 2.74. The molecule has 0 saturated carbocycles. The Labute approximate surface area is 173 Å². The van der Waals surface area contributed by atoms with Crippen molar-refractivity contribution >= 4 is 16.8 Å². The number of nitrogens with zero attached hydrogens (tertiary/aromatic N) is 3. The van der Waals surface area contributed by atoms with Crippen LogP contribution in [0.15, 0.2) is 29.1 Å². The summed E-state index contributed by atoms with van der Waals surface area (Å²) in [6, 6.07) is 7.23. The third kappa shape index (κ3) is 5.66. The number of hydrogen-bond acceptors (Lipinski definition) is 4. The first-order valence-corrected chi connectivity index (χ1v) is 10.9. The van der Waals surface area contributed by atoms with Gasteiger partial charge in [-0.15, -0.1) is 0 Å². The third-order valence-electron chi connectivity index (χ3n) is 5.21. The van der Waals surface area contributed by atoms with Crippen LogP contribution >= 0.6 is 0 Å². The Balaban J connectivity index is 2.54. The van der Waals surface area contributed by atoms with E-state index in [2.05, 4.69) is 20.8 Å². The van der Waals surface area contributed by atoms with Crippen LogP contribution in [-0.4, -0.2) is 40.6 Å². The van der Waals surface area contributed by atoms with Gasteiger partial charge in [0, 0.05) is 33.2 Å². The van der Waals surface area contributed by atoms with Crippen molar-refractivity contribution in [2.45, 2.75) is 71.9 Å². The number of amides is 1. The molecule has 0 bridgehead atoms. The molecule has 2 aromatic rings. The molecule has 1 unspecified atom stereocenters. The minimum atomic E-state index is -0.222. The molecule has 0 saturated heterocycles.